The zero-order valence-corrected chi connectivity index (χ0v) is 15.1. The average Bonchev–Trinajstić information content (AvgIpc) is 3.14. The van der Waals surface area contributed by atoms with Gasteiger partial charge in [0.05, 0.1) is 10.0 Å². The van der Waals surface area contributed by atoms with Crippen molar-refractivity contribution in [1.82, 2.24) is 25.0 Å². The second kappa shape index (κ2) is 7.09. The van der Waals surface area contributed by atoms with Crippen LogP contribution in [-0.4, -0.2) is 51.8 Å². The molecule has 1 amide bonds. The van der Waals surface area contributed by atoms with Crippen LogP contribution in [0.2, 0.25) is 10.0 Å². The number of carbonyl (C=O) groups excluding carboxylic acids is 1. The van der Waals surface area contributed by atoms with Crippen LogP contribution < -0.4 is 5.32 Å². The highest BCUT2D eigenvalue weighted by molar-refractivity contribution is 6.37. The first-order valence-corrected chi connectivity index (χ1v) is 8.62. The highest BCUT2D eigenvalue weighted by Gasteiger charge is 2.31. The molecule has 128 valence electrons. The van der Waals surface area contributed by atoms with E-state index in [1.807, 2.05) is 11.9 Å². The third-order valence-electron chi connectivity index (χ3n) is 4.19. The number of amides is 1. The Hall–Kier alpha value is -1.63. The molecule has 2 aromatic rings. The van der Waals surface area contributed by atoms with Gasteiger partial charge < -0.3 is 10.2 Å². The van der Waals surface area contributed by atoms with Gasteiger partial charge in [-0.25, -0.2) is 9.67 Å². The number of halogens is 2. The molecule has 0 bridgehead atoms. The smallest absolute Gasteiger partial charge is 0.293 e. The van der Waals surface area contributed by atoms with E-state index in [4.69, 9.17) is 23.2 Å². The maximum atomic E-state index is 12.8. The number of likely N-dealkylation sites (tertiary alicyclic amines) is 1. The molecule has 0 saturated carbocycles. The predicted molar refractivity (Wildman–Crippen MR) is 94.1 cm³/mol. The minimum absolute atomic E-state index is 0.155. The number of likely N-dealkylation sites (N-methyl/N-ethyl adjacent to an activating group) is 1. The molecule has 0 aliphatic carbocycles. The van der Waals surface area contributed by atoms with Crippen LogP contribution in [0.3, 0.4) is 0 Å². The lowest BCUT2D eigenvalue weighted by Gasteiger charge is -2.23. The Kier molecular flexibility index (Phi) is 5.08. The van der Waals surface area contributed by atoms with Crippen LogP contribution in [0.4, 0.5) is 0 Å². The monoisotopic (exact) mass is 367 g/mol. The minimum Gasteiger partial charge on any atom is -0.332 e. The predicted octanol–water partition coefficient (Wildman–Crippen LogP) is 2.71. The third-order valence-corrected chi connectivity index (χ3v) is 4.80. The van der Waals surface area contributed by atoms with Crippen LogP contribution in [0.5, 0.6) is 0 Å². The van der Waals surface area contributed by atoms with E-state index in [2.05, 4.69) is 15.4 Å². The Morgan fingerprint density at radius 2 is 2.08 bits per heavy atom. The van der Waals surface area contributed by atoms with Crippen molar-refractivity contribution in [2.75, 3.05) is 20.1 Å². The summed E-state index contributed by atoms with van der Waals surface area (Å²) in [6.07, 6.45) is 1.98. The number of hydrogen-bond acceptors (Lipinski definition) is 4. The number of aryl methyl sites for hydroxylation is 1. The van der Waals surface area contributed by atoms with Gasteiger partial charge in [-0.2, -0.15) is 0 Å². The van der Waals surface area contributed by atoms with Crippen LogP contribution in [0, 0.1) is 6.92 Å². The third kappa shape index (κ3) is 3.14. The molecule has 1 aromatic heterocycles. The summed E-state index contributed by atoms with van der Waals surface area (Å²) in [5.74, 6) is 0.585. The molecule has 1 aliphatic heterocycles. The van der Waals surface area contributed by atoms with Crippen molar-refractivity contribution in [3.8, 4) is 5.69 Å². The van der Waals surface area contributed by atoms with Gasteiger partial charge in [-0.1, -0.05) is 29.3 Å². The lowest BCUT2D eigenvalue weighted by Crippen LogP contribution is -2.41. The number of nitrogens with zero attached hydrogens (tertiary/aromatic N) is 4. The summed E-state index contributed by atoms with van der Waals surface area (Å²) in [4.78, 5) is 19.0. The van der Waals surface area contributed by atoms with Crippen molar-refractivity contribution in [1.29, 1.82) is 0 Å². The molecule has 3 rings (SSSR count). The fourth-order valence-electron chi connectivity index (χ4n) is 3.06. The summed E-state index contributed by atoms with van der Waals surface area (Å²) in [6.45, 7) is 3.27. The van der Waals surface area contributed by atoms with Gasteiger partial charge in [-0.05, 0) is 38.9 Å². The zero-order chi connectivity index (χ0) is 17.3. The van der Waals surface area contributed by atoms with Gasteiger partial charge in [0.15, 0.2) is 0 Å². The highest BCUT2D eigenvalue weighted by atomic mass is 35.5. The molecule has 1 saturated heterocycles. The van der Waals surface area contributed by atoms with E-state index in [0.29, 0.717) is 21.6 Å². The number of aromatic nitrogens is 3. The number of carbonyl (C=O) groups is 1. The van der Waals surface area contributed by atoms with Crippen LogP contribution in [-0.2, 0) is 0 Å². The van der Waals surface area contributed by atoms with E-state index >= 15 is 0 Å². The van der Waals surface area contributed by atoms with E-state index in [-0.39, 0.29) is 17.8 Å². The van der Waals surface area contributed by atoms with E-state index < -0.39 is 0 Å². The van der Waals surface area contributed by atoms with Crippen LogP contribution in [0.15, 0.2) is 18.2 Å². The molecule has 1 N–H and O–H groups in total. The zero-order valence-electron chi connectivity index (χ0n) is 13.6. The van der Waals surface area contributed by atoms with Crippen LogP contribution >= 0.6 is 23.2 Å². The summed E-state index contributed by atoms with van der Waals surface area (Å²) in [7, 11) is 1.89. The van der Waals surface area contributed by atoms with Crippen molar-refractivity contribution in [3.05, 3.63) is 39.9 Å². The number of hydrogen-bond donors (Lipinski definition) is 1. The van der Waals surface area contributed by atoms with Crippen molar-refractivity contribution < 1.29 is 4.79 Å². The lowest BCUT2D eigenvalue weighted by atomic mass is 10.2. The maximum absolute atomic E-state index is 12.8. The minimum atomic E-state index is -0.155. The van der Waals surface area contributed by atoms with E-state index in [0.717, 1.165) is 25.9 Å². The van der Waals surface area contributed by atoms with Gasteiger partial charge in [0, 0.05) is 19.1 Å². The molecule has 1 aliphatic rings. The Labute approximate surface area is 150 Å². The SMILES string of the molecule is CNCC1CCCN1C(=O)c1nc(C)n(-c2c(Cl)cccc2Cl)n1. The van der Waals surface area contributed by atoms with Gasteiger partial charge in [0.1, 0.15) is 11.5 Å². The molecule has 2 heterocycles. The summed E-state index contributed by atoms with van der Waals surface area (Å²) in [5, 5.41) is 8.42. The summed E-state index contributed by atoms with van der Waals surface area (Å²) >= 11 is 12.5. The first-order valence-electron chi connectivity index (χ1n) is 7.86. The Balaban J connectivity index is 1.93. The van der Waals surface area contributed by atoms with Crippen molar-refractivity contribution in [3.63, 3.8) is 0 Å². The van der Waals surface area contributed by atoms with Gasteiger partial charge in [-0.3, -0.25) is 4.79 Å². The van der Waals surface area contributed by atoms with Crippen LogP contribution in [0.1, 0.15) is 29.3 Å². The second-order valence-corrected chi connectivity index (χ2v) is 6.63. The largest absolute Gasteiger partial charge is 0.332 e. The molecular weight excluding hydrogens is 349 g/mol. The summed E-state index contributed by atoms with van der Waals surface area (Å²) in [6, 6.07) is 5.40. The maximum Gasteiger partial charge on any atom is 0.293 e. The second-order valence-electron chi connectivity index (χ2n) is 5.82. The molecule has 8 heteroatoms. The van der Waals surface area contributed by atoms with Gasteiger partial charge in [0.2, 0.25) is 5.82 Å². The highest BCUT2D eigenvalue weighted by Crippen LogP contribution is 2.29. The standard InChI is InChI=1S/C16H19Cl2N5O/c1-10-20-15(16(24)22-8-4-5-11(22)9-19-2)21-23(10)14-12(17)6-3-7-13(14)18/h3,6-7,11,19H,4-5,8-9H2,1-2H3. The first kappa shape index (κ1) is 17.2. The number of rotatable bonds is 4. The van der Waals surface area contributed by atoms with E-state index in [1.165, 1.54) is 4.68 Å². The summed E-state index contributed by atoms with van der Waals surface area (Å²) in [5.41, 5.74) is 0.540. The molecule has 1 aromatic carbocycles. The van der Waals surface area contributed by atoms with Crippen molar-refractivity contribution >= 4 is 29.1 Å². The van der Waals surface area contributed by atoms with Gasteiger partial charge in [0.25, 0.3) is 5.91 Å². The topological polar surface area (TPSA) is 63.1 Å². The number of para-hydroxylation sites is 1. The molecule has 6 nitrogen and oxygen atoms in total. The molecular formula is C16H19Cl2N5O. The molecule has 1 fully saturated rings. The Bertz CT molecular complexity index is 741. The quantitative estimate of drug-likeness (QED) is 0.902. The fourth-order valence-corrected chi connectivity index (χ4v) is 3.62. The molecule has 24 heavy (non-hydrogen) atoms. The van der Waals surface area contributed by atoms with Crippen molar-refractivity contribution in [2.24, 2.45) is 0 Å². The fraction of sp³-hybridized carbons (Fsp3) is 0.438. The lowest BCUT2D eigenvalue weighted by molar-refractivity contribution is 0.0724. The Morgan fingerprint density at radius 3 is 2.75 bits per heavy atom. The van der Waals surface area contributed by atoms with Crippen molar-refractivity contribution in [2.45, 2.75) is 25.8 Å². The summed E-state index contributed by atoms with van der Waals surface area (Å²) < 4.78 is 1.53. The molecule has 0 spiro atoms. The van der Waals surface area contributed by atoms with E-state index in [9.17, 15) is 4.79 Å². The van der Waals surface area contributed by atoms with Crippen LogP contribution in [0.25, 0.3) is 5.69 Å². The molecule has 1 unspecified atom stereocenters. The molecule has 0 radical (unpaired) electrons. The first-order chi connectivity index (χ1) is 11.5. The average molecular weight is 368 g/mol. The van der Waals surface area contributed by atoms with Gasteiger partial charge >= 0.3 is 0 Å². The van der Waals surface area contributed by atoms with E-state index in [1.54, 1.807) is 25.1 Å². The normalized spacial score (nSPS) is 17.5. The Morgan fingerprint density at radius 1 is 1.38 bits per heavy atom. The number of nitrogens with one attached hydrogen (secondary N) is 1. The van der Waals surface area contributed by atoms with Gasteiger partial charge in [-0.15, -0.1) is 5.10 Å². The molecule has 1 atom stereocenters. The number of benzene rings is 1.